The van der Waals surface area contributed by atoms with Gasteiger partial charge >= 0.3 is 5.97 Å². The molecule has 1 heterocycles. The number of carbonyl (C=O) groups is 1. The number of rotatable bonds is 4. The standard InChI is InChI=1S/C11H13ClN2O2S/c1-6-9(12)13-10(7-3-4-7)14-11(6)17-5-8(15)16-2/h7H,3-5H2,1-2H3. The topological polar surface area (TPSA) is 52.1 Å². The van der Waals surface area contributed by atoms with Crippen molar-refractivity contribution in [2.75, 3.05) is 12.9 Å². The van der Waals surface area contributed by atoms with Crippen LogP contribution in [-0.4, -0.2) is 28.8 Å². The van der Waals surface area contributed by atoms with E-state index in [1.807, 2.05) is 6.92 Å². The predicted octanol–water partition coefficient (Wildman–Crippen LogP) is 2.58. The van der Waals surface area contributed by atoms with Crippen molar-refractivity contribution in [1.29, 1.82) is 0 Å². The van der Waals surface area contributed by atoms with Gasteiger partial charge in [-0.3, -0.25) is 4.79 Å². The minimum absolute atomic E-state index is 0.245. The summed E-state index contributed by atoms with van der Waals surface area (Å²) >= 11 is 7.40. The summed E-state index contributed by atoms with van der Waals surface area (Å²) in [6.07, 6.45) is 2.25. The average Bonchev–Trinajstić information content (AvgIpc) is 3.14. The summed E-state index contributed by atoms with van der Waals surface area (Å²) in [5.41, 5.74) is 0.824. The molecule has 0 aliphatic heterocycles. The summed E-state index contributed by atoms with van der Waals surface area (Å²) in [5.74, 6) is 1.23. The smallest absolute Gasteiger partial charge is 0.316 e. The highest BCUT2D eigenvalue weighted by molar-refractivity contribution is 7.99. The van der Waals surface area contributed by atoms with Crippen molar-refractivity contribution < 1.29 is 9.53 Å². The molecule has 1 fully saturated rings. The molecule has 1 aromatic rings. The molecule has 0 radical (unpaired) electrons. The summed E-state index contributed by atoms with van der Waals surface area (Å²) in [5, 5.41) is 1.26. The zero-order valence-electron chi connectivity index (χ0n) is 9.70. The molecule has 92 valence electrons. The molecule has 0 N–H and O–H groups in total. The van der Waals surface area contributed by atoms with Gasteiger partial charge in [0.2, 0.25) is 0 Å². The van der Waals surface area contributed by atoms with Gasteiger partial charge in [-0.2, -0.15) is 0 Å². The van der Waals surface area contributed by atoms with E-state index in [1.165, 1.54) is 18.9 Å². The quantitative estimate of drug-likeness (QED) is 0.479. The molecule has 2 rings (SSSR count). The van der Waals surface area contributed by atoms with Crippen molar-refractivity contribution in [3.05, 3.63) is 16.5 Å². The van der Waals surface area contributed by atoms with Gasteiger partial charge in [0.15, 0.2) is 0 Å². The van der Waals surface area contributed by atoms with E-state index in [4.69, 9.17) is 11.6 Å². The molecular weight excluding hydrogens is 260 g/mol. The van der Waals surface area contributed by atoms with Crippen molar-refractivity contribution in [3.8, 4) is 0 Å². The maximum absolute atomic E-state index is 11.1. The summed E-state index contributed by atoms with van der Waals surface area (Å²) in [4.78, 5) is 19.8. The molecule has 0 unspecified atom stereocenters. The Balaban J connectivity index is 2.16. The van der Waals surface area contributed by atoms with Crippen molar-refractivity contribution in [2.24, 2.45) is 0 Å². The Hall–Kier alpha value is -0.810. The summed E-state index contributed by atoms with van der Waals surface area (Å²) in [6.45, 7) is 1.86. The zero-order valence-corrected chi connectivity index (χ0v) is 11.3. The van der Waals surface area contributed by atoms with Crippen LogP contribution >= 0.6 is 23.4 Å². The number of nitrogens with zero attached hydrogens (tertiary/aromatic N) is 2. The van der Waals surface area contributed by atoms with E-state index in [9.17, 15) is 4.79 Å². The van der Waals surface area contributed by atoms with Crippen molar-refractivity contribution in [3.63, 3.8) is 0 Å². The van der Waals surface area contributed by atoms with Crippen LogP contribution in [0.15, 0.2) is 5.03 Å². The van der Waals surface area contributed by atoms with Crippen LogP contribution in [-0.2, 0) is 9.53 Å². The lowest BCUT2D eigenvalue weighted by Crippen LogP contribution is -2.05. The highest BCUT2D eigenvalue weighted by atomic mass is 35.5. The largest absolute Gasteiger partial charge is 0.468 e. The fraction of sp³-hybridized carbons (Fsp3) is 0.545. The number of aromatic nitrogens is 2. The molecule has 17 heavy (non-hydrogen) atoms. The fourth-order valence-electron chi connectivity index (χ4n) is 1.34. The number of carbonyl (C=O) groups excluding carboxylic acids is 1. The van der Waals surface area contributed by atoms with Crippen LogP contribution in [0.2, 0.25) is 5.15 Å². The third kappa shape index (κ3) is 3.10. The van der Waals surface area contributed by atoms with Gasteiger partial charge in [-0.15, -0.1) is 0 Å². The summed E-state index contributed by atoms with van der Waals surface area (Å²) in [6, 6.07) is 0. The molecule has 1 aliphatic rings. The van der Waals surface area contributed by atoms with Crippen LogP contribution in [0.4, 0.5) is 0 Å². The molecule has 0 atom stereocenters. The molecule has 0 bridgehead atoms. The highest BCUT2D eigenvalue weighted by Crippen LogP contribution is 2.39. The van der Waals surface area contributed by atoms with Gasteiger partial charge in [0.25, 0.3) is 0 Å². The molecule has 0 amide bonds. The number of hydrogen-bond acceptors (Lipinski definition) is 5. The van der Waals surface area contributed by atoms with Gasteiger partial charge in [0.1, 0.15) is 16.0 Å². The van der Waals surface area contributed by atoms with Gasteiger partial charge in [-0.25, -0.2) is 9.97 Å². The lowest BCUT2D eigenvalue weighted by atomic mass is 10.3. The number of hydrogen-bond donors (Lipinski definition) is 0. The molecule has 0 spiro atoms. The van der Waals surface area contributed by atoms with Crippen molar-refractivity contribution in [1.82, 2.24) is 9.97 Å². The van der Waals surface area contributed by atoms with Gasteiger partial charge < -0.3 is 4.74 Å². The first-order valence-corrected chi connectivity index (χ1v) is 6.71. The number of ether oxygens (including phenoxy) is 1. The van der Waals surface area contributed by atoms with E-state index < -0.39 is 0 Å². The van der Waals surface area contributed by atoms with Crippen molar-refractivity contribution >= 4 is 29.3 Å². The molecule has 1 aliphatic carbocycles. The molecule has 1 saturated carbocycles. The molecule has 0 saturated heterocycles. The Labute approximate surface area is 109 Å². The molecule has 1 aromatic heterocycles. The Kier molecular flexibility index (Phi) is 3.89. The van der Waals surface area contributed by atoms with Gasteiger partial charge in [-0.05, 0) is 19.8 Å². The second-order valence-corrected chi connectivity index (χ2v) is 5.26. The third-order valence-corrected chi connectivity index (χ3v) is 3.97. The summed E-state index contributed by atoms with van der Waals surface area (Å²) in [7, 11) is 1.37. The number of thioether (sulfide) groups is 1. The second-order valence-electron chi connectivity index (χ2n) is 3.94. The lowest BCUT2D eigenvalue weighted by Gasteiger charge is -2.07. The molecular formula is C11H13ClN2O2S. The van der Waals surface area contributed by atoms with E-state index >= 15 is 0 Å². The van der Waals surface area contributed by atoms with E-state index in [-0.39, 0.29) is 11.7 Å². The Morgan fingerprint density at radius 3 is 2.82 bits per heavy atom. The van der Waals surface area contributed by atoms with E-state index in [0.717, 1.165) is 29.3 Å². The number of methoxy groups -OCH3 is 1. The number of halogens is 1. The van der Waals surface area contributed by atoms with Crippen LogP contribution in [0.25, 0.3) is 0 Å². The normalized spacial score (nSPS) is 14.8. The molecule has 4 nitrogen and oxygen atoms in total. The minimum Gasteiger partial charge on any atom is -0.468 e. The Bertz CT molecular complexity index is 449. The lowest BCUT2D eigenvalue weighted by molar-refractivity contribution is -0.137. The van der Waals surface area contributed by atoms with Crippen LogP contribution in [0.3, 0.4) is 0 Å². The van der Waals surface area contributed by atoms with Gasteiger partial charge in [-0.1, -0.05) is 23.4 Å². The minimum atomic E-state index is -0.267. The van der Waals surface area contributed by atoms with Crippen molar-refractivity contribution in [2.45, 2.75) is 30.7 Å². The Morgan fingerprint density at radius 2 is 2.24 bits per heavy atom. The average molecular weight is 273 g/mol. The Morgan fingerprint density at radius 1 is 1.53 bits per heavy atom. The molecule has 0 aromatic carbocycles. The van der Waals surface area contributed by atoms with Crippen LogP contribution in [0.1, 0.15) is 30.1 Å². The molecule has 6 heteroatoms. The number of esters is 1. The van der Waals surface area contributed by atoms with Crippen LogP contribution in [0.5, 0.6) is 0 Å². The first-order chi connectivity index (χ1) is 8.11. The zero-order chi connectivity index (χ0) is 12.4. The van der Waals surface area contributed by atoms with Crippen LogP contribution < -0.4 is 0 Å². The predicted molar refractivity (Wildman–Crippen MR) is 66.5 cm³/mol. The second kappa shape index (κ2) is 5.23. The van der Waals surface area contributed by atoms with E-state index in [0.29, 0.717) is 11.1 Å². The third-order valence-electron chi connectivity index (χ3n) is 2.56. The first kappa shape index (κ1) is 12.6. The van der Waals surface area contributed by atoms with E-state index in [2.05, 4.69) is 14.7 Å². The maximum Gasteiger partial charge on any atom is 0.316 e. The summed E-state index contributed by atoms with van der Waals surface area (Å²) < 4.78 is 4.60. The highest BCUT2D eigenvalue weighted by Gasteiger charge is 2.28. The van der Waals surface area contributed by atoms with Crippen LogP contribution in [0, 0.1) is 6.92 Å². The van der Waals surface area contributed by atoms with Gasteiger partial charge in [0, 0.05) is 11.5 Å². The fourth-order valence-corrected chi connectivity index (χ4v) is 2.41. The first-order valence-electron chi connectivity index (χ1n) is 5.35. The monoisotopic (exact) mass is 272 g/mol. The SMILES string of the molecule is COC(=O)CSc1nc(C2CC2)nc(Cl)c1C. The van der Waals surface area contributed by atoms with E-state index in [1.54, 1.807) is 0 Å². The maximum atomic E-state index is 11.1. The van der Waals surface area contributed by atoms with Gasteiger partial charge in [0.05, 0.1) is 12.9 Å².